The molecular formula is C16H25Cl2N3. The van der Waals surface area contributed by atoms with Gasteiger partial charge in [0.15, 0.2) is 0 Å². The first-order valence-electron chi connectivity index (χ1n) is 7.58. The average Bonchev–Trinajstić information content (AvgIpc) is 2.45. The number of benzene rings is 1. The summed E-state index contributed by atoms with van der Waals surface area (Å²) in [6.45, 7) is 6.46. The number of hydrogen-bond acceptors (Lipinski definition) is 3. The van der Waals surface area contributed by atoms with Crippen LogP contribution >= 0.6 is 23.2 Å². The van der Waals surface area contributed by atoms with E-state index < -0.39 is 0 Å². The van der Waals surface area contributed by atoms with E-state index in [0.29, 0.717) is 22.1 Å². The van der Waals surface area contributed by atoms with Gasteiger partial charge in [-0.1, -0.05) is 36.2 Å². The summed E-state index contributed by atoms with van der Waals surface area (Å²) in [5, 5.41) is 4.83. The second-order valence-electron chi connectivity index (χ2n) is 5.92. The molecule has 1 aromatic rings. The molecule has 0 radical (unpaired) electrons. The first-order valence-corrected chi connectivity index (χ1v) is 8.34. The van der Waals surface area contributed by atoms with Gasteiger partial charge >= 0.3 is 0 Å². The van der Waals surface area contributed by atoms with E-state index in [1.54, 1.807) is 0 Å². The quantitative estimate of drug-likeness (QED) is 0.894. The Balaban J connectivity index is 2.12. The fourth-order valence-electron chi connectivity index (χ4n) is 2.94. The maximum Gasteiger partial charge on any atom is 0.0595 e. The second kappa shape index (κ2) is 7.80. The van der Waals surface area contributed by atoms with Gasteiger partial charge in [-0.05, 0) is 44.8 Å². The number of likely N-dealkylation sites (N-methyl/N-ethyl adjacent to an activating group) is 2. The third-order valence-electron chi connectivity index (χ3n) is 4.28. The van der Waals surface area contributed by atoms with Gasteiger partial charge in [0.05, 0.1) is 10.0 Å². The van der Waals surface area contributed by atoms with Crippen LogP contribution in [0.15, 0.2) is 18.2 Å². The van der Waals surface area contributed by atoms with E-state index in [9.17, 15) is 0 Å². The van der Waals surface area contributed by atoms with Crippen molar-refractivity contribution in [3.63, 3.8) is 0 Å². The summed E-state index contributed by atoms with van der Waals surface area (Å²) in [7, 11) is 4.41. The van der Waals surface area contributed by atoms with E-state index in [2.05, 4.69) is 42.2 Å². The van der Waals surface area contributed by atoms with Crippen molar-refractivity contribution < 1.29 is 0 Å². The monoisotopic (exact) mass is 329 g/mol. The van der Waals surface area contributed by atoms with Crippen LogP contribution in [-0.4, -0.2) is 56.1 Å². The predicted molar refractivity (Wildman–Crippen MR) is 91.4 cm³/mol. The van der Waals surface area contributed by atoms with Crippen molar-refractivity contribution in [3.8, 4) is 0 Å². The van der Waals surface area contributed by atoms with E-state index in [1.165, 1.54) is 5.56 Å². The molecule has 0 aromatic heterocycles. The highest BCUT2D eigenvalue weighted by molar-refractivity contribution is 6.42. The lowest BCUT2D eigenvalue weighted by Gasteiger charge is -2.39. The van der Waals surface area contributed by atoms with Gasteiger partial charge in [-0.25, -0.2) is 0 Å². The molecule has 2 rings (SSSR count). The molecule has 1 saturated heterocycles. The molecular weight excluding hydrogens is 305 g/mol. The molecule has 1 aliphatic rings. The first kappa shape index (κ1) is 17.0. The molecule has 1 aromatic carbocycles. The topological polar surface area (TPSA) is 18.5 Å². The van der Waals surface area contributed by atoms with Gasteiger partial charge in [0.2, 0.25) is 0 Å². The van der Waals surface area contributed by atoms with Crippen LogP contribution in [0.4, 0.5) is 0 Å². The first-order chi connectivity index (χ1) is 10.0. The van der Waals surface area contributed by atoms with Crippen molar-refractivity contribution in [3.05, 3.63) is 33.8 Å². The summed E-state index contributed by atoms with van der Waals surface area (Å²) in [4.78, 5) is 4.87. The molecule has 1 fully saturated rings. The highest BCUT2D eigenvalue weighted by atomic mass is 35.5. The SMILES string of the molecule is CCNC(CC1CN(C)CCN1C)c1ccc(Cl)c(Cl)c1. The van der Waals surface area contributed by atoms with Crippen molar-refractivity contribution in [2.75, 3.05) is 40.3 Å². The molecule has 0 spiro atoms. The molecule has 0 saturated carbocycles. The van der Waals surface area contributed by atoms with Crippen LogP contribution in [0.5, 0.6) is 0 Å². The van der Waals surface area contributed by atoms with Gasteiger partial charge in [-0.15, -0.1) is 0 Å². The normalized spacial score (nSPS) is 22.4. The number of rotatable bonds is 5. The number of nitrogens with zero attached hydrogens (tertiary/aromatic N) is 2. The minimum Gasteiger partial charge on any atom is -0.310 e. The van der Waals surface area contributed by atoms with Crippen LogP contribution in [0.25, 0.3) is 0 Å². The summed E-state index contributed by atoms with van der Waals surface area (Å²) in [6, 6.07) is 6.82. The highest BCUT2D eigenvalue weighted by Crippen LogP contribution is 2.28. The molecule has 5 heteroatoms. The summed E-state index contributed by atoms with van der Waals surface area (Å²) >= 11 is 12.2. The molecule has 2 unspecified atom stereocenters. The standard InChI is InChI=1S/C16H25Cl2N3/c1-4-19-16(12-5-6-14(17)15(18)9-12)10-13-11-20(2)7-8-21(13)3/h5-6,9,13,16,19H,4,7-8,10-11H2,1-3H3. The molecule has 0 bridgehead atoms. The van der Waals surface area contributed by atoms with Crippen molar-refractivity contribution in [2.24, 2.45) is 0 Å². The number of piperazine rings is 1. The minimum absolute atomic E-state index is 0.309. The fraction of sp³-hybridized carbons (Fsp3) is 0.625. The Morgan fingerprint density at radius 3 is 2.67 bits per heavy atom. The van der Waals surface area contributed by atoms with Crippen LogP contribution < -0.4 is 5.32 Å². The lowest BCUT2D eigenvalue weighted by molar-refractivity contribution is 0.101. The summed E-state index contributed by atoms with van der Waals surface area (Å²) < 4.78 is 0. The molecule has 0 amide bonds. The Labute approximate surface area is 138 Å². The Kier molecular flexibility index (Phi) is 6.33. The molecule has 21 heavy (non-hydrogen) atoms. The molecule has 1 aliphatic heterocycles. The van der Waals surface area contributed by atoms with E-state index in [4.69, 9.17) is 23.2 Å². The van der Waals surface area contributed by atoms with Crippen LogP contribution in [-0.2, 0) is 0 Å². The molecule has 1 heterocycles. The Bertz CT molecular complexity index is 467. The maximum absolute atomic E-state index is 6.17. The number of nitrogens with one attached hydrogen (secondary N) is 1. The van der Waals surface area contributed by atoms with Crippen LogP contribution in [0.1, 0.15) is 24.9 Å². The van der Waals surface area contributed by atoms with Crippen LogP contribution in [0.2, 0.25) is 10.0 Å². The van der Waals surface area contributed by atoms with Crippen molar-refractivity contribution in [1.29, 1.82) is 0 Å². The van der Waals surface area contributed by atoms with Crippen LogP contribution in [0, 0.1) is 0 Å². The van der Waals surface area contributed by atoms with E-state index >= 15 is 0 Å². The van der Waals surface area contributed by atoms with Gasteiger partial charge < -0.3 is 15.1 Å². The predicted octanol–water partition coefficient (Wildman–Crippen LogP) is 3.28. The Hall–Kier alpha value is -0.320. The number of hydrogen-bond donors (Lipinski definition) is 1. The zero-order valence-corrected chi connectivity index (χ0v) is 14.6. The van der Waals surface area contributed by atoms with Gasteiger partial charge in [0.25, 0.3) is 0 Å². The summed E-state index contributed by atoms with van der Waals surface area (Å²) in [5.74, 6) is 0. The zero-order chi connectivity index (χ0) is 15.4. The van der Waals surface area contributed by atoms with Gasteiger partial charge in [0, 0.05) is 31.7 Å². The zero-order valence-electron chi connectivity index (χ0n) is 13.1. The van der Waals surface area contributed by atoms with E-state index in [1.807, 2.05) is 12.1 Å². The van der Waals surface area contributed by atoms with Crippen molar-refractivity contribution in [1.82, 2.24) is 15.1 Å². The van der Waals surface area contributed by atoms with Gasteiger partial charge in [-0.3, -0.25) is 0 Å². The second-order valence-corrected chi connectivity index (χ2v) is 6.73. The lowest BCUT2D eigenvalue weighted by atomic mass is 9.97. The molecule has 0 aliphatic carbocycles. The third-order valence-corrected chi connectivity index (χ3v) is 5.02. The lowest BCUT2D eigenvalue weighted by Crippen LogP contribution is -2.51. The summed E-state index contributed by atoms with van der Waals surface area (Å²) in [6.07, 6.45) is 1.08. The fourth-order valence-corrected chi connectivity index (χ4v) is 3.25. The van der Waals surface area contributed by atoms with Crippen LogP contribution in [0.3, 0.4) is 0 Å². The highest BCUT2D eigenvalue weighted by Gasteiger charge is 2.25. The molecule has 3 nitrogen and oxygen atoms in total. The minimum atomic E-state index is 0.309. The van der Waals surface area contributed by atoms with Gasteiger partial charge in [-0.2, -0.15) is 0 Å². The molecule has 1 N–H and O–H groups in total. The average molecular weight is 330 g/mol. The number of halogens is 2. The van der Waals surface area contributed by atoms with Crippen molar-refractivity contribution in [2.45, 2.75) is 25.4 Å². The van der Waals surface area contributed by atoms with Crippen molar-refractivity contribution >= 4 is 23.2 Å². The smallest absolute Gasteiger partial charge is 0.0595 e. The largest absolute Gasteiger partial charge is 0.310 e. The maximum atomic E-state index is 6.17. The Morgan fingerprint density at radius 1 is 1.24 bits per heavy atom. The third kappa shape index (κ3) is 4.57. The molecule has 2 atom stereocenters. The Morgan fingerprint density at radius 2 is 2.00 bits per heavy atom. The van der Waals surface area contributed by atoms with Gasteiger partial charge in [0.1, 0.15) is 0 Å². The van der Waals surface area contributed by atoms with E-state index in [-0.39, 0.29) is 0 Å². The molecule has 118 valence electrons. The summed E-state index contributed by atoms with van der Waals surface area (Å²) in [5.41, 5.74) is 1.22. The van der Waals surface area contributed by atoms with E-state index in [0.717, 1.165) is 32.6 Å².